The van der Waals surface area contributed by atoms with Gasteiger partial charge in [-0.2, -0.15) is 0 Å². The summed E-state index contributed by atoms with van der Waals surface area (Å²) in [5, 5.41) is 0. The molecular formula is C11H23O2P. The fourth-order valence-electron chi connectivity index (χ4n) is 1.14. The lowest BCUT2D eigenvalue weighted by Crippen LogP contribution is -2.23. The van der Waals surface area contributed by atoms with Gasteiger partial charge in [0.2, 0.25) is 0 Å². The number of carbonyl (C=O) groups is 1. The predicted octanol–water partition coefficient (Wildman–Crippen LogP) is 3.20. The van der Waals surface area contributed by atoms with Gasteiger partial charge < -0.3 is 4.74 Å². The molecule has 84 valence electrons. The molecule has 0 aromatic heterocycles. The first-order valence-corrected chi connectivity index (χ1v) is 7.03. The van der Waals surface area contributed by atoms with Gasteiger partial charge in [0, 0.05) is 6.42 Å². The number of rotatable bonds is 6. The Kier molecular flexibility index (Phi) is 7.17. The number of ether oxygens (including phenoxy) is 1. The number of unbranched alkanes of at least 4 members (excludes halogenated alkanes) is 2. The van der Waals surface area contributed by atoms with Crippen LogP contribution >= 0.6 is 8.58 Å². The highest BCUT2D eigenvalue weighted by atomic mass is 31.1. The third kappa shape index (κ3) is 9.98. The zero-order chi connectivity index (χ0) is 11.0. The molecule has 0 spiro atoms. The molecule has 0 amide bonds. The Morgan fingerprint density at radius 1 is 1.21 bits per heavy atom. The molecule has 0 heterocycles. The molecular weight excluding hydrogens is 195 g/mol. The van der Waals surface area contributed by atoms with E-state index in [1.165, 1.54) is 12.6 Å². The molecule has 1 atom stereocenters. The van der Waals surface area contributed by atoms with Crippen molar-refractivity contribution >= 4 is 14.6 Å². The molecule has 0 radical (unpaired) electrons. The summed E-state index contributed by atoms with van der Waals surface area (Å²) >= 11 is 0. The Bertz CT molecular complexity index is 161. The minimum absolute atomic E-state index is 0.0588. The van der Waals surface area contributed by atoms with Gasteiger partial charge in [-0.25, -0.2) is 0 Å². The van der Waals surface area contributed by atoms with Gasteiger partial charge in [0.15, 0.2) is 0 Å². The molecule has 0 saturated carbocycles. The number of hydrogen-bond donors (Lipinski definition) is 0. The van der Waals surface area contributed by atoms with E-state index in [1.54, 1.807) is 0 Å². The van der Waals surface area contributed by atoms with Gasteiger partial charge in [-0.05, 0) is 46.4 Å². The molecule has 3 heteroatoms. The molecule has 0 bridgehead atoms. The zero-order valence-corrected chi connectivity index (χ0v) is 10.9. The maximum Gasteiger partial charge on any atom is 0.306 e. The summed E-state index contributed by atoms with van der Waals surface area (Å²) in [4.78, 5) is 11.3. The smallest absolute Gasteiger partial charge is 0.306 e. The van der Waals surface area contributed by atoms with Crippen LogP contribution in [0.5, 0.6) is 0 Å². The van der Waals surface area contributed by atoms with Crippen molar-refractivity contribution in [2.45, 2.75) is 52.1 Å². The summed E-state index contributed by atoms with van der Waals surface area (Å²) in [6.45, 7) is 7.93. The van der Waals surface area contributed by atoms with Crippen LogP contribution in [-0.2, 0) is 9.53 Å². The second-order valence-corrected chi connectivity index (χ2v) is 5.71. The van der Waals surface area contributed by atoms with E-state index in [0.717, 1.165) is 21.4 Å². The molecule has 14 heavy (non-hydrogen) atoms. The average Bonchev–Trinajstić information content (AvgIpc) is 2.00. The zero-order valence-electron chi connectivity index (χ0n) is 9.85. The third-order valence-corrected chi connectivity index (χ3v) is 2.58. The van der Waals surface area contributed by atoms with E-state index in [4.69, 9.17) is 4.74 Å². The summed E-state index contributed by atoms with van der Waals surface area (Å²) in [6.07, 6.45) is 5.25. The van der Waals surface area contributed by atoms with Crippen molar-refractivity contribution in [1.82, 2.24) is 0 Å². The summed E-state index contributed by atoms with van der Waals surface area (Å²) < 4.78 is 5.21. The molecule has 0 saturated heterocycles. The van der Waals surface area contributed by atoms with E-state index in [1.807, 2.05) is 20.8 Å². The van der Waals surface area contributed by atoms with Gasteiger partial charge in [-0.1, -0.05) is 6.42 Å². The van der Waals surface area contributed by atoms with Gasteiger partial charge in [0.05, 0.1) is 0 Å². The SMILES string of the molecule is CPCCCCCC(=O)OC(C)(C)C. The predicted molar refractivity (Wildman–Crippen MR) is 63.4 cm³/mol. The minimum atomic E-state index is -0.331. The van der Waals surface area contributed by atoms with Crippen LogP contribution in [0.4, 0.5) is 0 Å². The lowest BCUT2D eigenvalue weighted by Gasteiger charge is -2.19. The Hall–Kier alpha value is -0.100. The van der Waals surface area contributed by atoms with Crippen LogP contribution in [0.25, 0.3) is 0 Å². The molecule has 0 aliphatic carbocycles. The van der Waals surface area contributed by atoms with Gasteiger partial charge in [0.1, 0.15) is 5.60 Å². The topological polar surface area (TPSA) is 26.3 Å². The highest BCUT2D eigenvalue weighted by Crippen LogP contribution is 2.12. The van der Waals surface area contributed by atoms with E-state index < -0.39 is 0 Å². The molecule has 0 aliphatic rings. The number of hydrogen-bond acceptors (Lipinski definition) is 2. The molecule has 0 N–H and O–H groups in total. The lowest BCUT2D eigenvalue weighted by molar-refractivity contribution is -0.154. The summed E-state index contributed by atoms with van der Waals surface area (Å²) in [6, 6.07) is 0. The Balaban J connectivity index is 3.36. The average molecular weight is 218 g/mol. The molecule has 0 aliphatic heterocycles. The van der Waals surface area contributed by atoms with Crippen molar-refractivity contribution in [2.24, 2.45) is 0 Å². The molecule has 1 unspecified atom stereocenters. The van der Waals surface area contributed by atoms with Gasteiger partial charge >= 0.3 is 5.97 Å². The van der Waals surface area contributed by atoms with Gasteiger partial charge in [0.25, 0.3) is 0 Å². The quantitative estimate of drug-likeness (QED) is 0.389. The second-order valence-electron chi connectivity index (χ2n) is 4.50. The first-order chi connectivity index (χ1) is 6.45. The fraction of sp³-hybridized carbons (Fsp3) is 0.909. The molecule has 2 nitrogen and oxygen atoms in total. The molecule has 0 aromatic carbocycles. The van der Waals surface area contributed by atoms with Crippen molar-refractivity contribution in [2.75, 3.05) is 12.8 Å². The van der Waals surface area contributed by atoms with E-state index in [0.29, 0.717) is 6.42 Å². The Morgan fingerprint density at radius 3 is 2.36 bits per heavy atom. The minimum Gasteiger partial charge on any atom is -0.460 e. The van der Waals surface area contributed by atoms with Crippen LogP contribution < -0.4 is 0 Å². The van der Waals surface area contributed by atoms with Crippen LogP contribution in [0, 0.1) is 0 Å². The van der Waals surface area contributed by atoms with Crippen LogP contribution in [0.15, 0.2) is 0 Å². The van der Waals surface area contributed by atoms with E-state index >= 15 is 0 Å². The largest absolute Gasteiger partial charge is 0.460 e. The standard InChI is InChI=1S/C11H23O2P/c1-11(2,3)13-10(12)8-6-5-7-9-14-4/h14H,5-9H2,1-4H3. The van der Waals surface area contributed by atoms with Crippen molar-refractivity contribution in [3.63, 3.8) is 0 Å². The Labute approximate surface area is 89.6 Å². The van der Waals surface area contributed by atoms with Crippen LogP contribution in [0.3, 0.4) is 0 Å². The van der Waals surface area contributed by atoms with Crippen molar-refractivity contribution < 1.29 is 9.53 Å². The fourth-order valence-corrected chi connectivity index (χ4v) is 1.74. The van der Waals surface area contributed by atoms with Crippen LogP contribution in [-0.4, -0.2) is 24.4 Å². The number of esters is 1. The summed E-state index contributed by atoms with van der Waals surface area (Å²) in [5.41, 5.74) is -0.331. The lowest BCUT2D eigenvalue weighted by atomic mass is 10.2. The van der Waals surface area contributed by atoms with E-state index in [2.05, 4.69) is 6.66 Å². The van der Waals surface area contributed by atoms with E-state index in [-0.39, 0.29) is 11.6 Å². The first kappa shape index (κ1) is 13.9. The maximum absolute atomic E-state index is 11.3. The first-order valence-electron chi connectivity index (χ1n) is 5.32. The van der Waals surface area contributed by atoms with Gasteiger partial charge in [-0.15, -0.1) is 8.58 Å². The van der Waals surface area contributed by atoms with Crippen molar-refractivity contribution in [3.8, 4) is 0 Å². The molecule has 0 fully saturated rings. The summed E-state index contributed by atoms with van der Waals surface area (Å²) in [7, 11) is 1.04. The maximum atomic E-state index is 11.3. The molecule has 0 aromatic rings. The third-order valence-electron chi connectivity index (χ3n) is 1.73. The van der Waals surface area contributed by atoms with Crippen LogP contribution in [0.2, 0.25) is 0 Å². The molecule has 0 rings (SSSR count). The van der Waals surface area contributed by atoms with Gasteiger partial charge in [-0.3, -0.25) is 4.79 Å². The van der Waals surface area contributed by atoms with Crippen LogP contribution in [0.1, 0.15) is 46.5 Å². The Morgan fingerprint density at radius 2 is 1.86 bits per heavy atom. The van der Waals surface area contributed by atoms with E-state index in [9.17, 15) is 4.79 Å². The van der Waals surface area contributed by atoms with Crippen molar-refractivity contribution in [3.05, 3.63) is 0 Å². The normalized spacial score (nSPS) is 12.3. The highest BCUT2D eigenvalue weighted by molar-refractivity contribution is 7.36. The monoisotopic (exact) mass is 218 g/mol. The highest BCUT2D eigenvalue weighted by Gasteiger charge is 2.15. The van der Waals surface area contributed by atoms with Crippen molar-refractivity contribution in [1.29, 1.82) is 0 Å². The summed E-state index contributed by atoms with van der Waals surface area (Å²) in [5.74, 6) is -0.0588. The number of carbonyl (C=O) groups excluding carboxylic acids is 1. The second kappa shape index (κ2) is 7.23.